The van der Waals surface area contributed by atoms with Crippen molar-refractivity contribution in [2.75, 3.05) is 13.1 Å². The van der Waals surface area contributed by atoms with Gasteiger partial charge in [0.2, 0.25) is 0 Å². The largest absolute Gasteiger partial charge is 0.334 e. The summed E-state index contributed by atoms with van der Waals surface area (Å²) in [4.78, 5) is 18.5. The SMILES string of the molecule is C[C@@H](c1ccccc1)N1CC[C@H](NC(=O)NCc2cscn2)C1. The van der Waals surface area contributed by atoms with E-state index in [4.69, 9.17) is 0 Å². The van der Waals surface area contributed by atoms with Crippen molar-refractivity contribution >= 4 is 17.4 Å². The van der Waals surface area contributed by atoms with Crippen LogP contribution in [0.5, 0.6) is 0 Å². The molecule has 0 aliphatic carbocycles. The summed E-state index contributed by atoms with van der Waals surface area (Å²) in [5.41, 5.74) is 3.99. The average Bonchev–Trinajstić information content (AvgIpc) is 3.25. The molecule has 1 fully saturated rings. The fourth-order valence-electron chi connectivity index (χ4n) is 2.93. The van der Waals surface area contributed by atoms with Crippen LogP contribution in [0, 0.1) is 0 Å². The number of urea groups is 1. The van der Waals surface area contributed by atoms with Gasteiger partial charge in [0.25, 0.3) is 0 Å². The van der Waals surface area contributed by atoms with Gasteiger partial charge in [0, 0.05) is 30.6 Å². The highest BCUT2D eigenvalue weighted by molar-refractivity contribution is 7.07. The average molecular weight is 330 g/mol. The molecular weight excluding hydrogens is 308 g/mol. The van der Waals surface area contributed by atoms with Crippen LogP contribution in [0.4, 0.5) is 4.79 Å². The van der Waals surface area contributed by atoms with E-state index in [-0.39, 0.29) is 12.1 Å². The molecule has 2 amide bonds. The molecule has 1 aliphatic rings. The summed E-state index contributed by atoms with van der Waals surface area (Å²) >= 11 is 1.54. The Bertz CT molecular complexity index is 617. The molecule has 0 bridgehead atoms. The zero-order valence-electron chi connectivity index (χ0n) is 13.2. The summed E-state index contributed by atoms with van der Waals surface area (Å²) in [7, 11) is 0. The maximum atomic E-state index is 12.0. The van der Waals surface area contributed by atoms with Gasteiger partial charge in [-0.1, -0.05) is 30.3 Å². The molecule has 2 atom stereocenters. The lowest BCUT2D eigenvalue weighted by molar-refractivity contribution is 0.231. The first-order valence-corrected chi connectivity index (χ1v) is 8.87. The molecule has 1 aromatic heterocycles. The lowest BCUT2D eigenvalue weighted by Gasteiger charge is -2.24. The summed E-state index contributed by atoms with van der Waals surface area (Å²) in [6, 6.07) is 11.0. The Hall–Kier alpha value is -1.92. The summed E-state index contributed by atoms with van der Waals surface area (Å²) in [6.07, 6.45) is 0.987. The Morgan fingerprint density at radius 3 is 3.00 bits per heavy atom. The van der Waals surface area contributed by atoms with Crippen LogP contribution < -0.4 is 10.6 Å². The first kappa shape index (κ1) is 16.0. The molecule has 2 aromatic rings. The van der Waals surface area contributed by atoms with Gasteiger partial charge in [0.1, 0.15) is 0 Å². The van der Waals surface area contributed by atoms with Gasteiger partial charge in [0.15, 0.2) is 0 Å². The Morgan fingerprint density at radius 1 is 1.43 bits per heavy atom. The number of carbonyl (C=O) groups is 1. The molecule has 0 unspecified atom stereocenters. The number of rotatable bonds is 5. The van der Waals surface area contributed by atoms with E-state index in [1.165, 1.54) is 16.9 Å². The highest BCUT2D eigenvalue weighted by Crippen LogP contribution is 2.24. The molecule has 6 heteroatoms. The van der Waals surface area contributed by atoms with Gasteiger partial charge in [-0.2, -0.15) is 0 Å². The zero-order chi connectivity index (χ0) is 16.1. The fourth-order valence-corrected chi connectivity index (χ4v) is 3.49. The molecule has 5 nitrogen and oxygen atoms in total. The number of hydrogen-bond acceptors (Lipinski definition) is 4. The predicted molar refractivity (Wildman–Crippen MR) is 92.3 cm³/mol. The van der Waals surface area contributed by atoms with E-state index in [2.05, 4.69) is 51.7 Å². The smallest absolute Gasteiger partial charge is 0.315 e. The number of benzene rings is 1. The predicted octanol–water partition coefficient (Wildman–Crippen LogP) is 2.78. The Morgan fingerprint density at radius 2 is 2.26 bits per heavy atom. The lowest BCUT2D eigenvalue weighted by Crippen LogP contribution is -2.43. The number of amides is 2. The van der Waals surface area contributed by atoms with Gasteiger partial charge in [-0.25, -0.2) is 9.78 Å². The van der Waals surface area contributed by atoms with Crippen molar-refractivity contribution < 1.29 is 4.79 Å². The van der Waals surface area contributed by atoms with Crippen LogP contribution in [-0.2, 0) is 6.54 Å². The summed E-state index contributed by atoms with van der Waals surface area (Å²) in [6.45, 7) is 4.60. The third-order valence-electron chi connectivity index (χ3n) is 4.30. The highest BCUT2D eigenvalue weighted by Gasteiger charge is 2.27. The second-order valence-electron chi connectivity index (χ2n) is 5.87. The second kappa shape index (κ2) is 7.57. The quantitative estimate of drug-likeness (QED) is 0.886. The summed E-state index contributed by atoms with van der Waals surface area (Å²) in [5, 5.41) is 7.87. The number of aromatic nitrogens is 1. The fraction of sp³-hybridized carbons (Fsp3) is 0.412. The van der Waals surface area contributed by atoms with Crippen molar-refractivity contribution in [2.24, 2.45) is 0 Å². The molecule has 0 spiro atoms. The molecular formula is C17H22N4OS. The minimum atomic E-state index is -0.114. The normalized spacial score (nSPS) is 19.4. The van der Waals surface area contributed by atoms with Crippen molar-refractivity contribution in [3.05, 3.63) is 52.5 Å². The van der Waals surface area contributed by atoms with Crippen molar-refractivity contribution in [2.45, 2.75) is 32.0 Å². The first-order valence-electron chi connectivity index (χ1n) is 7.93. The van der Waals surface area contributed by atoms with E-state index in [1.54, 1.807) is 5.51 Å². The number of hydrogen-bond donors (Lipinski definition) is 2. The van der Waals surface area contributed by atoms with Crippen LogP contribution in [0.15, 0.2) is 41.2 Å². The molecule has 1 aliphatic heterocycles. The Kier molecular flexibility index (Phi) is 5.25. The molecule has 2 N–H and O–H groups in total. The van der Waals surface area contributed by atoms with Gasteiger partial charge >= 0.3 is 6.03 Å². The van der Waals surface area contributed by atoms with E-state index in [9.17, 15) is 4.79 Å². The standard InChI is InChI=1S/C17H22N4OS/c1-13(14-5-3-2-4-6-14)21-8-7-15(10-21)20-17(22)18-9-16-11-23-12-19-16/h2-6,11-13,15H,7-10H2,1H3,(H2,18,20,22)/t13-,15-/m0/s1. The zero-order valence-corrected chi connectivity index (χ0v) is 14.1. The van der Waals surface area contributed by atoms with Crippen LogP contribution in [0.1, 0.15) is 30.6 Å². The van der Waals surface area contributed by atoms with Crippen molar-refractivity contribution in [1.29, 1.82) is 0 Å². The van der Waals surface area contributed by atoms with Gasteiger partial charge in [-0.05, 0) is 18.9 Å². The molecule has 1 aromatic carbocycles. The Labute approximate surface area is 140 Å². The van der Waals surface area contributed by atoms with Gasteiger partial charge in [0.05, 0.1) is 17.7 Å². The van der Waals surface area contributed by atoms with Gasteiger partial charge < -0.3 is 10.6 Å². The molecule has 3 rings (SSSR count). The Balaban J connectivity index is 1.45. The number of thiazole rings is 1. The minimum Gasteiger partial charge on any atom is -0.334 e. The van der Waals surface area contributed by atoms with Crippen LogP contribution in [0.3, 0.4) is 0 Å². The van der Waals surface area contributed by atoms with Crippen molar-refractivity contribution in [3.8, 4) is 0 Å². The van der Waals surface area contributed by atoms with Gasteiger partial charge in [-0.15, -0.1) is 11.3 Å². The first-order chi connectivity index (χ1) is 11.2. The second-order valence-corrected chi connectivity index (χ2v) is 6.59. The third-order valence-corrected chi connectivity index (χ3v) is 4.93. The highest BCUT2D eigenvalue weighted by atomic mass is 32.1. The van der Waals surface area contributed by atoms with Gasteiger partial charge in [-0.3, -0.25) is 4.90 Å². The maximum absolute atomic E-state index is 12.0. The third kappa shape index (κ3) is 4.30. The molecule has 1 saturated heterocycles. The van der Waals surface area contributed by atoms with Crippen LogP contribution in [0.25, 0.3) is 0 Å². The minimum absolute atomic E-state index is 0.114. The number of nitrogens with zero attached hydrogens (tertiary/aromatic N) is 2. The van der Waals surface area contributed by atoms with E-state index >= 15 is 0 Å². The molecule has 2 heterocycles. The molecule has 23 heavy (non-hydrogen) atoms. The van der Waals surface area contributed by atoms with Crippen molar-refractivity contribution in [3.63, 3.8) is 0 Å². The lowest BCUT2D eigenvalue weighted by atomic mass is 10.1. The molecule has 0 saturated carbocycles. The summed E-state index contributed by atoms with van der Waals surface area (Å²) < 4.78 is 0. The number of nitrogens with one attached hydrogen (secondary N) is 2. The van der Waals surface area contributed by atoms with E-state index in [1.807, 2.05) is 11.4 Å². The number of likely N-dealkylation sites (tertiary alicyclic amines) is 1. The topological polar surface area (TPSA) is 57.3 Å². The summed E-state index contributed by atoms with van der Waals surface area (Å²) in [5.74, 6) is 0. The van der Waals surface area contributed by atoms with E-state index in [0.717, 1.165) is 25.2 Å². The van der Waals surface area contributed by atoms with E-state index in [0.29, 0.717) is 12.6 Å². The monoisotopic (exact) mass is 330 g/mol. The maximum Gasteiger partial charge on any atom is 0.315 e. The van der Waals surface area contributed by atoms with Crippen molar-refractivity contribution in [1.82, 2.24) is 20.5 Å². The van der Waals surface area contributed by atoms with Crippen LogP contribution in [0.2, 0.25) is 0 Å². The molecule has 0 radical (unpaired) electrons. The van der Waals surface area contributed by atoms with Crippen LogP contribution in [-0.4, -0.2) is 35.0 Å². The van der Waals surface area contributed by atoms with E-state index < -0.39 is 0 Å². The van der Waals surface area contributed by atoms with Crippen LogP contribution >= 0.6 is 11.3 Å². The number of carbonyl (C=O) groups excluding carboxylic acids is 1. The molecule has 122 valence electrons.